The van der Waals surface area contributed by atoms with Crippen molar-refractivity contribution in [2.24, 2.45) is 11.7 Å². The summed E-state index contributed by atoms with van der Waals surface area (Å²) in [5, 5.41) is 15.4. The number of ether oxygens (including phenoxy) is 2. The quantitative estimate of drug-likeness (QED) is 0.139. The van der Waals surface area contributed by atoms with Crippen LogP contribution in [0.5, 0.6) is 0 Å². The molecule has 1 aliphatic heterocycles. The van der Waals surface area contributed by atoms with Crippen molar-refractivity contribution in [2.75, 3.05) is 13.1 Å². The fraction of sp³-hybridized carbons (Fsp3) is 0.613. The van der Waals surface area contributed by atoms with Crippen LogP contribution in [-0.2, 0) is 39.9 Å². The maximum atomic E-state index is 13.6. The van der Waals surface area contributed by atoms with Crippen LogP contribution >= 0.6 is 0 Å². The number of carbonyl (C=O) groups is 5. The van der Waals surface area contributed by atoms with E-state index in [1.807, 2.05) is 6.07 Å². The number of amides is 3. The van der Waals surface area contributed by atoms with Gasteiger partial charge < -0.3 is 36.1 Å². The van der Waals surface area contributed by atoms with E-state index >= 15 is 0 Å². The fourth-order valence-electron chi connectivity index (χ4n) is 4.52. The molecule has 0 saturated carbocycles. The Morgan fingerprint density at radius 1 is 0.886 bits per heavy atom. The number of guanidine groups is 1. The van der Waals surface area contributed by atoms with Gasteiger partial charge in [0.2, 0.25) is 17.7 Å². The highest BCUT2D eigenvalue weighted by Crippen LogP contribution is 2.17. The number of piperidine rings is 1. The van der Waals surface area contributed by atoms with Crippen molar-refractivity contribution in [3.63, 3.8) is 0 Å². The molecule has 0 aromatic heterocycles. The highest BCUT2D eigenvalue weighted by Gasteiger charge is 2.34. The highest BCUT2D eigenvalue weighted by molar-refractivity contribution is 5.95. The lowest BCUT2D eigenvalue weighted by Gasteiger charge is -2.32. The Balaban J connectivity index is 2.18. The Hall–Kier alpha value is -4.16. The number of nitrogens with one attached hydrogen (secondary N) is 4. The molecule has 1 fully saturated rings. The summed E-state index contributed by atoms with van der Waals surface area (Å²) < 4.78 is 10.9. The van der Waals surface area contributed by atoms with Crippen LogP contribution in [0.3, 0.4) is 0 Å². The van der Waals surface area contributed by atoms with E-state index in [9.17, 15) is 24.0 Å². The van der Waals surface area contributed by atoms with E-state index < -0.39 is 59.5 Å². The molecule has 0 bridgehead atoms. The lowest BCUT2D eigenvalue weighted by atomic mass is 9.95. The molecule has 1 aromatic carbocycles. The van der Waals surface area contributed by atoms with Gasteiger partial charge in [0, 0.05) is 25.4 Å². The molecular weight excluding hydrogens is 568 g/mol. The Bertz CT molecular complexity index is 1180. The van der Waals surface area contributed by atoms with Crippen molar-refractivity contribution in [1.29, 1.82) is 5.41 Å². The Labute approximate surface area is 259 Å². The molecule has 244 valence electrons. The number of hydrogen-bond acceptors (Lipinski definition) is 8. The predicted molar refractivity (Wildman–Crippen MR) is 164 cm³/mol. The summed E-state index contributed by atoms with van der Waals surface area (Å²) in [5.41, 5.74) is 4.63. The minimum atomic E-state index is -1.41. The molecular formula is C31H48N6O7. The standard InChI is InChI=1S/C31H48N6O7/c1-19(34-26(40)21-13-15-37(16-14-21)29(32)33)25(39)35-22(18-24(38)43-30(2,3)4)27(41)36-23(28(42)44-31(5,6)7)17-20-11-9-8-10-12-20/h8-12,19,21-23H,13-18H2,1-7H3,(H3,32,33)(H,34,40)(H,35,39)(H,36,41)/t19-,22-,23-/m0/s1. The van der Waals surface area contributed by atoms with Crippen LogP contribution in [-0.4, -0.2) is 82.9 Å². The number of nitrogens with two attached hydrogens (primary N) is 1. The van der Waals surface area contributed by atoms with Gasteiger partial charge in [-0.05, 0) is 66.9 Å². The van der Waals surface area contributed by atoms with Crippen LogP contribution in [0.1, 0.15) is 73.3 Å². The molecule has 13 nitrogen and oxygen atoms in total. The van der Waals surface area contributed by atoms with E-state index in [0.29, 0.717) is 25.9 Å². The topological polar surface area (TPSA) is 193 Å². The van der Waals surface area contributed by atoms with E-state index in [1.54, 1.807) is 70.7 Å². The van der Waals surface area contributed by atoms with Crippen LogP contribution in [0.2, 0.25) is 0 Å². The summed E-state index contributed by atoms with van der Waals surface area (Å²) in [4.78, 5) is 67.1. The number of likely N-dealkylation sites (tertiary alicyclic amines) is 1. The van der Waals surface area contributed by atoms with E-state index in [1.165, 1.54) is 6.92 Å². The van der Waals surface area contributed by atoms with E-state index in [4.69, 9.17) is 20.6 Å². The summed E-state index contributed by atoms with van der Waals surface area (Å²) in [7, 11) is 0. The zero-order valence-electron chi connectivity index (χ0n) is 26.8. The lowest BCUT2D eigenvalue weighted by Crippen LogP contribution is -2.57. The average Bonchev–Trinajstić information content (AvgIpc) is 2.90. The van der Waals surface area contributed by atoms with Gasteiger partial charge in [0.05, 0.1) is 6.42 Å². The molecule has 0 aliphatic carbocycles. The number of benzene rings is 1. The molecule has 1 heterocycles. The number of carbonyl (C=O) groups excluding carboxylic acids is 5. The third-order valence-corrected chi connectivity index (χ3v) is 6.67. The first kappa shape index (κ1) is 36.0. The van der Waals surface area contributed by atoms with Gasteiger partial charge in [-0.25, -0.2) is 4.79 Å². The Morgan fingerprint density at radius 2 is 1.43 bits per heavy atom. The van der Waals surface area contributed by atoms with Gasteiger partial charge in [-0.15, -0.1) is 0 Å². The minimum Gasteiger partial charge on any atom is -0.460 e. The Morgan fingerprint density at radius 3 is 1.95 bits per heavy atom. The monoisotopic (exact) mass is 616 g/mol. The van der Waals surface area contributed by atoms with Crippen LogP contribution in [0.4, 0.5) is 0 Å². The first-order valence-corrected chi connectivity index (χ1v) is 14.8. The van der Waals surface area contributed by atoms with E-state index in [2.05, 4.69) is 16.0 Å². The Kier molecular flexibility index (Phi) is 12.7. The number of nitrogens with zero attached hydrogens (tertiary/aromatic N) is 1. The number of hydrogen-bond donors (Lipinski definition) is 5. The first-order valence-electron chi connectivity index (χ1n) is 14.8. The zero-order chi connectivity index (χ0) is 33.2. The second-order valence-electron chi connectivity index (χ2n) is 13.0. The molecule has 0 radical (unpaired) electrons. The van der Waals surface area contributed by atoms with Gasteiger partial charge in [0.25, 0.3) is 0 Å². The predicted octanol–water partition coefficient (Wildman–Crippen LogP) is 1.38. The molecule has 0 spiro atoms. The molecule has 3 atom stereocenters. The maximum Gasteiger partial charge on any atom is 0.329 e. The van der Waals surface area contributed by atoms with E-state index in [0.717, 1.165) is 5.56 Å². The van der Waals surface area contributed by atoms with Crippen molar-refractivity contribution in [2.45, 2.75) is 103 Å². The molecule has 0 unspecified atom stereocenters. The first-order chi connectivity index (χ1) is 20.3. The highest BCUT2D eigenvalue weighted by atomic mass is 16.6. The molecule has 13 heteroatoms. The maximum absolute atomic E-state index is 13.6. The van der Waals surface area contributed by atoms with Crippen molar-refractivity contribution in [3.05, 3.63) is 35.9 Å². The molecule has 2 rings (SSSR count). The normalized spacial score (nSPS) is 16.1. The van der Waals surface area contributed by atoms with Crippen LogP contribution in [0, 0.1) is 11.3 Å². The van der Waals surface area contributed by atoms with Crippen LogP contribution < -0.4 is 21.7 Å². The third-order valence-electron chi connectivity index (χ3n) is 6.67. The number of rotatable bonds is 11. The number of esters is 2. The van der Waals surface area contributed by atoms with E-state index in [-0.39, 0.29) is 24.2 Å². The zero-order valence-corrected chi connectivity index (χ0v) is 26.8. The summed E-state index contributed by atoms with van der Waals surface area (Å²) >= 11 is 0. The molecule has 1 aromatic rings. The van der Waals surface area contributed by atoms with Gasteiger partial charge in [-0.2, -0.15) is 0 Å². The van der Waals surface area contributed by atoms with Gasteiger partial charge in [-0.1, -0.05) is 30.3 Å². The summed E-state index contributed by atoms with van der Waals surface area (Å²) in [5.74, 6) is -3.64. The molecule has 44 heavy (non-hydrogen) atoms. The molecule has 3 amide bonds. The minimum absolute atomic E-state index is 0.0522. The lowest BCUT2D eigenvalue weighted by molar-refractivity contribution is -0.159. The van der Waals surface area contributed by atoms with Gasteiger partial charge in [0.15, 0.2) is 5.96 Å². The van der Waals surface area contributed by atoms with Crippen LogP contribution in [0.15, 0.2) is 30.3 Å². The second-order valence-corrected chi connectivity index (χ2v) is 13.0. The summed E-state index contributed by atoms with van der Waals surface area (Å²) in [6, 6.07) is 5.49. The van der Waals surface area contributed by atoms with Gasteiger partial charge in [-0.3, -0.25) is 24.6 Å². The van der Waals surface area contributed by atoms with Crippen molar-refractivity contribution < 1.29 is 33.4 Å². The SMILES string of the molecule is C[C@H](NC(=O)C1CCN(C(=N)N)CC1)C(=O)N[C@@H](CC(=O)OC(C)(C)C)C(=O)N[C@@H](Cc1ccccc1)C(=O)OC(C)(C)C. The smallest absolute Gasteiger partial charge is 0.329 e. The molecule has 6 N–H and O–H groups in total. The van der Waals surface area contributed by atoms with Crippen molar-refractivity contribution in [1.82, 2.24) is 20.9 Å². The second kappa shape index (κ2) is 15.5. The fourth-order valence-corrected chi connectivity index (χ4v) is 4.52. The van der Waals surface area contributed by atoms with Crippen LogP contribution in [0.25, 0.3) is 0 Å². The van der Waals surface area contributed by atoms with Gasteiger partial charge in [0.1, 0.15) is 29.3 Å². The molecule has 1 aliphatic rings. The average molecular weight is 617 g/mol. The van der Waals surface area contributed by atoms with Crippen molar-refractivity contribution in [3.8, 4) is 0 Å². The van der Waals surface area contributed by atoms with Gasteiger partial charge >= 0.3 is 11.9 Å². The third kappa shape index (κ3) is 12.6. The summed E-state index contributed by atoms with van der Waals surface area (Å²) in [6.07, 6.45) is 0.544. The summed E-state index contributed by atoms with van der Waals surface area (Å²) in [6.45, 7) is 12.5. The van der Waals surface area contributed by atoms with Crippen molar-refractivity contribution >= 4 is 35.6 Å². The largest absolute Gasteiger partial charge is 0.460 e. The molecule has 1 saturated heterocycles.